The molecule has 86 valence electrons. The molecule has 2 bridgehead atoms. The maximum atomic E-state index is 2.43. The van der Waals surface area contributed by atoms with Gasteiger partial charge in [0.2, 0.25) is 0 Å². The first-order chi connectivity index (χ1) is 7.00. The van der Waals surface area contributed by atoms with Gasteiger partial charge in [0.05, 0.1) is 0 Å². The van der Waals surface area contributed by atoms with Crippen LogP contribution in [0.3, 0.4) is 0 Å². The van der Waals surface area contributed by atoms with E-state index in [1.807, 2.05) is 0 Å². The molecule has 0 N–H and O–H groups in total. The Morgan fingerprint density at radius 2 is 1.60 bits per heavy atom. The van der Waals surface area contributed by atoms with Crippen molar-refractivity contribution in [2.75, 3.05) is 0 Å². The lowest BCUT2D eigenvalue weighted by molar-refractivity contribution is 0.0622. The van der Waals surface area contributed by atoms with E-state index in [4.69, 9.17) is 0 Å². The molecule has 0 aromatic rings. The van der Waals surface area contributed by atoms with Crippen LogP contribution in [0.1, 0.15) is 65.7 Å². The van der Waals surface area contributed by atoms with Gasteiger partial charge in [-0.3, -0.25) is 0 Å². The molecule has 0 atom stereocenters. The van der Waals surface area contributed by atoms with Crippen LogP contribution in [-0.4, -0.2) is 0 Å². The fourth-order valence-corrected chi connectivity index (χ4v) is 4.82. The molecule has 4 aliphatic rings. The minimum Gasteiger partial charge on any atom is -0.0599 e. The Morgan fingerprint density at radius 3 is 2.00 bits per heavy atom. The van der Waals surface area contributed by atoms with Crippen molar-refractivity contribution in [1.29, 1.82) is 0 Å². The van der Waals surface area contributed by atoms with Gasteiger partial charge in [0.25, 0.3) is 0 Å². The summed E-state index contributed by atoms with van der Waals surface area (Å²) >= 11 is 0. The van der Waals surface area contributed by atoms with Crippen LogP contribution < -0.4 is 0 Å². The first-order valence-electron chi connectivity index (χ1n) is 7.00. The smallest absolute Gasteiger partial charge is 0.0266 e. The van der Waals surface area contributed by atoms with Gasteiger partial charge >= 0.3 is 0 Å². The van der Waals surface area contributed by atoms with Gasteiger partial charge < -0.3 is 0 Å². The zero-order chi connectivity index (χ0) is 10.7. The van der Waals surface area contributed by atoms with Crippen LogP contribution in [0, 0.1) is 28.6 Å². The van der Waals surface area contributed by atoms with Crippen LogP contribution in [-0.2, 0) is 0 Å². The molecule has 0 nitrogen and oxygen atoms in total. The monoisotopic (exact) mass is 206 g/mol. The molecule has 15 heavy (non-hydrogen) atoms. The maximum Gasteiger partial charge on any atom is -0.0266 e. The summed E-state index contributed by atoms with van der Waals surface area (Å²) in [4.78, 5) is 0. The molecule has 0 aromatic carbocycles. The molecule has 0 radical (unpaired) electrons. The van der Waals surface area contributed by atoms with E-state index in [-0.39, 0.29) is 0 Å². The zero-order valence-electron chi connectivity index (χ0n) is 10.7. The van der Waals surface area contributed by atoms with Gasteiger partial charge in [0.1, 0.15) is 0 Å². The average molecular weight is 206 g/mol. The van der Waals surface area contributed by atoms with Crippen LogP contribution in [0.2, 0.25) is 0 Å². The van der Waals surface area contributed by atoms with Crippen molar-refractivity contribution < 1.29 is 0 Å². The van der Waals surface area contributed by atoms with E-state index in [9.17, 15) is 0 Å². The first kappa shape index (κ1) is 10.2. The van der Waals surface area contributed by atoms with Crippen LogP contribution in [0.15, 0.2) is 0 Å². The van der Waals surface area contributed by atoms with Gasteiger partial charge in [-0.2, -0.15) is 0 Å². The lowest BCUT2D eigenvalue weighted by Gasteiger charge is -2.44. The molecular weight excluding hydrogens is 180 g/mol. The van der Waals surface area contributed by atoms with Crippen molar-refractivity contribution in [2.45, 2.75) is 65.7 Å². The highest BCUT2D eigenvalue weighted by atomic mass is 14.6. The van der Waals surface area contributed by atoms with Crippen molar-refractivity contribution in [3.63, 3.8) is 0 Å². The van der Waals surface area contributed by atoms with Crippen molar-refractivity contribution in [2.24, 2.45) is 28.6 Å². The Morgan fingerprint density at radius 1 is 1.00 bits per heavy atom. The minimum atomic E-state index is 0.559. The Bertz CT molecular complexity index is 244. The molecule has 1 spiro atoms. The number of hydrogen-bond acceptors (Lipinski definition) is 0. The lowest BCUT2D eigenvalue weighted by atomic mass is 9.61. The Kier molecular flexibility index (Phi) is 2.05. The molecule has 0 aliphatic heterocycles. The highest BCUT2D eigenvalue weighted by Crippen LogP contribution is 2.66. The van der Waals surface area contributed by atoms with Gasteiger partial charge in [0.15, 0.2) is 0 Å². The predicted molar refractivity (Wildman–Crippen MR) is 64.7 cm³/mol. The summed E-state index contributed by atoms with van der Waals surface area (Å²) in [5.74, 6) is 3.31. The second-order valence-electron chi connectivity index (χ2n) is 7.74. The number of rotatable bonds is 0. The van der Waals surface area contributed by atoms with Gasteiger partial charge in [-0.15, -0.1) is 0 Å². The Hall–Kier alpha value is 0. The molecule has 0 heterocycles. The van der Waals surface area contributed by atoms with E-state index in [1.165, 1.54) is 12.8 Å². The highest BCUT2D eigenvalue weighted by molar-refractivity contribution is 5.06. The van der Waals surface area contributed by atoms with Gasteiger partial charge in [-0.05, 0) is 73.5 Å². The van der Waals surface area contributed by atoms with Crippen molar-refractivity contribution in [1.82, 2.24) is 0 Å². The van der Waals surface area contributed by atoms with Crippen molar-refractivity contribution in [3.8, 4) is 0 Å². The van der Waals surface area contributed by atoms with Gasteiger partial charge in [0, 0.05) is 0 Å². The van der Waals surface area contributed by atoms with E-state index in [2.05, 4.69) is 20.8 Å². The largest absolute Gasteiger partial charge is 0.0599 e. The summed E-state index contributed by atoms with van der Waals surface area (Å²) in [6, 6.07) is 0. The summed E-state index contributed by atoms with van der Waals surface area (Å²) in [6.07, 6.45) is 11.0. The molecule has 4 rings (SSSR count). The van der Waals surface area contributed by atoms with Crippen LogP contribution >= 0.6 is 0 Å². The highest BCUT2D eigenvalue weighted by Gasteiger charge is 2.55. The molecular formula is C15H26. The molecule has 4 aliphatic carbocycles. The van der Waals surface area contributed by atoms with Crippen LogP contribution in [0.25, 0.3) is 0 Å². The van der Waals surface area contributed by atoms with Gasteiger partial charge in [-0.1, -0.05) is 20.8 Å². The van der Waals surface area contributed by atoms with Crippen LogP contribution in [0.5, 0.6) is 0 Å². The van der Waals surface area contributed by atoms with E-state index in [1.54, 1.807) is 32.1 Å². The topological polar surface area (TPSA) is 0 Å². The van der Waals surface area contributed by atoms with E-state index >= 15 is 0 Å². The molecule has 0 unspecified atom stereocenters. The van der Waals surface area contributed by atoms with Gasteiger partial charge in [-0.25, -0.2) is 0 Å². The summed E-state index contributed by atoms with van der Waals surface area (Å²) < 4.78 is 0. The van der Waals surface area contributed by atoms with E-state index < -0.39 is 0 Å². The second kappa shape index (κ2) is 3.02. The standard InChI is InChI=1S/C15H26/c1-14(2,3)12-4-6-15(7-5-12)10-11-8-13(15)9-11/h11-13H,4-10H2,1-3H3. The lowest BCUT2D eigenvalue weighted by Crippen LogP contribution is -2.34. The quantitative estimate of drug-likeness (QED) is 0.541. The summed E-state index contributed by atoms with van der Waals surface area (Å²) in [5, 5.41) is 0. The SMILES string of the molecule is CC(C)(C)C1CCC2(CC1)CC1CC2C1. The molecule has 0 aromatic heterocycles. The van der Waals surface area contributed by atoms with Crippen molar-refractivity contribution >= 4 is 0 Å². The molecule has 0 amide bonds. The molecule has 0 heteroatoms. The normalized spacial score (nSPS) is 49.4. The second-order valence-corrected chi connectivity index (χ2v) is 7.74. The molecule has 4 fully saturated rings. The minimum absolute atomic E-state index is 0.559. The first-order valence-corrected chi connectivity index (χ1v) is 7.00. The average Bonchev–Trinajstić information content (AvgIpc) is 2.56. The third-order valence-electron chi connectivity index (χ3n) is 6.00. The summed E-state index contributed by atoms with van der Waals surface area (Å²) in [5.41, 5.74) is 1.41. The third-order valence-corrected chi connectivity index (χ3v) is 6.00. The Labute approximate surface area is 94.8 Å². The Balaban J connectivity index is 1.66. The van der Waals surface area contributed by atoms with Crippen LogP contribution in [0.4, 0.5) is 0 Å². The third kappa shape index (κ3) is 1.47. The fourth-order valence-electron chi connectivity index (χ4n) is 4.82. The van der Waals surface area contributed by atoms with E-state index in [0.717, 1.165) is 23.2 Å². The number of hydrogen-bond donors (Lipinski definition) is 0. The summed E-state index contributed by atoms with van der Waals surface area (Å²) in [6.45, 7) is 7.30. The maximum absolute atomic E-state index is 2.43. The fraction of sp³-hybridized carbons (Fsp3) is 1.00. The molecule has 4 saturated carbocycles. The van der Waals surface area contributed by atoms with Crippen molar-refractivity contribution in [3.05, 3.63) is 0 Å². The molecule has 0 saturated heterocycles. The summed E-state index contributed by atoms with van der Waals surface area (Å²) in [7, 11) is 0. The van der Waals surface area contributed by atoms with E-state index in [0.29, 0.717) is 5.41 Å². The predicted octanol–water partition coefficient (Wildman–Crippen LogP) is 4.64. The zero-order valence-corrected chi connectivity index (χ0v) is 10.7.